The van der Waals surface area contributed by atoms with E-state index in [2.05, 4.69) is 59.8 Å². The van der Waals surface area contributed by atoms with Gasteiger partial charge in [-0.2, -0.15) is 9.73 Å². The smallest absolute Gasteiger partial charge is 0.306 e. The van der Waals surface area contributed by atoms with Gasteiger partial charge in [0, 0.05) is 40.4 Å². The molecule has 5 rings (SSSR count). The first-order chi connectivity index (χ1) is 30.3. The Balaban J connectivity index is 1.13. The molecule has 0 aliphatic rings. The molecule has 16 heteroatoms. The lowest BCUT2D eigenvalue weighted by Crippen LogP contribution is -2.18. The molecule has 3 N–H and O–H groups in total. The van der Waals surface area contributed by atoms with E-state index >= 15 is 0 Å². The second-order valence-electron chi connectivity index (χ2n) is 17.8. The fourth-order valence-electron chi connectivity index (χ4n) is 7.75. The minimum atomic E-state index is -3.63. The zero-order chi connectivity index (χ0) is 45.2. The van der Waals surface area contributed by atoms with Crippen molar-refractivity contribution in [3.63, 3.8) is 0 Å². The number of sulfonamides is 1. The van der Waals surface area contributed by atoms with Crippen molar-refractivity contribution in [3.8, 4) is 11.4 Å². The number of carbonyl (C=O) groups is 2. The first-order valence-electron chi connectivity index (χ1n) is 23.3. The van der Waals surface area contributed by atoms with E-state index in [1.807, 2.05) is 12.1 Å². The SMILES string of the molecule is CCCCCCCCCCCCCCOC(=O)CCC(=O)Nc1ccc(-c2nc3c(Cn4ncc5c(Cl)nc(NS(=O)(=O)CCCCCCCC)cc54)c(C(C)(C)C)[nH]n3n2)cc1. The van der Waals surface area contributed by atoms with Crippen LogP contribution in [0.5, 0.6) is 0 Å². The van der Waals surface area contributed by atoms with Crippen molar-refractivity contribution < 1.29 is 22.7 Å². The molecule has 346 valence electrons. The van der Waals surface area contributed by atoms with Crippen LogP contribution in [-0.2, 0) is 36.3 Å². The summed E-state index contributed by atoms with van der Waals surface area (Å²) >= 11 is 6.58. The number of nitrogens with zero attached hydrogens (tertiary/aromatic N) is 6. The molecule has 1 aromatic carbocycles. The van der Waals surface area contributed by atoms with Crippen LogP contribution >= 0.6 is 11.6 Å². The van der Waals surface area contributed by atoms with Crippen LogP contribution in [0, 0.1) is 0 Å². The molecule has 0 spiro atoms. The van der Waals surface area contributed by atoms with E-state index in [1.54, 1.807) is 33.7 Å². The first kappa shape index (κ1) is 49.5. The lowest BCUT2D eigenvalue weighted by atomic mass is 9.89. The number of anilines is 2. The van der Waals surface area contributed by atoms with Crippen molar-refractivity contribution in [1.29, 1.82) is 0 Å². The van der Waals surface area contributed by atoms with E-state index in [0.717, 1.165) is 68.2 Å². The van der Waals surface area contributed by atoms with Gasteiger partial charge in [0.15, 0.2) is 11.5 Å². The molecule has 4 aromatic heterocycles. The molecular weight excluding hydrogens is 838 g/mol. The number of pyridine rings is 1. The van der Waals surface area contributed by atoms with Crippen LogP contribution in [-0.4, -0.2) is 67.2 Å². The molecule has 0 radical (unpaired) electrons. The number of H-pyrrole nitrogens is 1. The molecule has 0 saturated carbocycles. The Kier molecular flexibility index (Phi) is 19.3. The van der Waals surface area contributed by atoms with Crippen LogP contribution in [0.2, 0.25) is 5.15 Å². The molecule has 14 nitrogen and oxygen atoms in total. The van der Waals surface area contributed by atoms with E-state index in [9.17, 15) is 18.0 Å². The largest absolute Gasteiger partial charge is 0.466 e. The third-order valence-corrected chi connectivity index (χ3v) is 13.0. The quantitative estimate of drug-likeness (QED) is 0.0239. The third kappa shape index (κ3) is 15.6. The first-order valence-corrected chi connectivity index (χ1v) is 25.4. The van der Waals surface area contributed by atoms with Gasteiger partial charge in [0.1, 0.15) is 11.0 Å². The van der Waals surface area contributed by atoms with Gasteiger partial charge in [0.05, 0.1) is 42.4 Å². The molecule has 0 unspecified atom stereocenters. The van der Waals surface area contributed by atoms with Gasteiger partial charge in [-0.3, -0.25) is 24.1 Å². The highest BCUT2D eigenvalue weighted by molar-refractivity contribution is 7.92. The van der Waals surface area contributed by atoms with Gasteiger partial charge in [0.25, 0.3) is 0 Å². The summed E-state index contributed by atoms with van der Waals surface area (Å²) in [7, 11) is -3.63. The molecule has 63 heavy (non-hydrogen) atoms. The van der Waals surface area contributed by atoms with Crippen molar-refractivity contribution in [1.82, 2.24) is 34.6 Å². The molecule has 1 amide bonds. The van der Waals surface area contributed by atoms with Gasteiger partial charge in [-0.25, -0.2) is 18.4 Å². The zero-order valence-corrected chi connectivity index (χ0v) is 39.8. The number of nitrogens with one attached hydrogen (secondary N) is 3. The normalized spacial score (nSPS) is 12.1. The summed E-state index contributed by atoms with van der Waals surface area (Å²) < 4.78 is 37.4. The minimum absolute atomic E-state index is 0.0101. The van der Waals surface area contributed by atoms with Crippen molar-refractivity contribution in [2.45, 2.75) is 175 Å². The molecular formula is C47H70ClN9O5S. The fourth-order valence-corrected chi connectivity index (χ4v) is 9.10. The van der Waals surface area contributed by atoms with Gasteiger partial charge in [-0.15, -0.1) is 5.10 Å². The van der Waals surface area contributed by atoms with Gasteiger partial charge < -0.3 is 10.1 Å². The molecule has 0 aliphatic carbocycles. The Morgan fingerprint density at radius 3 is 2.03 bits per heavy atom. The monoisotopic (exact) mass is 907 g/mol. The maximum Gasteiger partial charge on any atom is 0.306 e. The lowest BCUT2D eigenvalue weighted by Gasteiger charge is -2.18. The highest BCUT2D eigenvalue weighted by Crippen LogP contribution is 2.32. The van der Waals surface area contributed by atoms with Crippen molar-refractivity contribution >= 4 is 61.6 Å². The van der Waals surface area contributed by atoms with E-state index < -0.39 is 10.0 Å². The highest BCUT2D eigenvalue weighted by atomic mass is 35.5. The number of unbranched alkanes of at least 4 members (excludes halogenated alkanes) is 16. The van der Waals surface area contributed by atoms with Gasteiger partial charge in [-0.1, -0.05) is 149 Å². The number of ether oxygens (including phenoxy) is 1. The summed E-state index contributed by atoms with van der Waals surface area (Å²) in [4.78, 5) is 34.2. The fraction of sp³-hybridized carbons (Fsp3) is 0.617. The maximum atomic E-state index is 13.0. The molecule has 4 heterocycles. The molecule has 0 atom stereocenters. The van der Waals surface area contributed by atoms with Crippen LogP contribution in [0.4, 0.5) is 11.5 Å². The average Bonchev–Trinajstić information content (AvgIpc) is 3.94. The summed E-state index contributed by atoms with van der Waals surface area (Å²) in [5, 5.41) is 16.4. The highest BCUT2D eigenvalue weighted by Gasteiger charge is 2.27. The third-order valence-electron chi connectivity index (χ3n) is 11.3. The summed E-state index contributed by atoms with van der Waals surface area (Å²) in [6.45, 7) is 11.4. The number of halogens is 1. The number of fused-ring (bicyclic) bond motifs is 2. The van der Waals surface area contributed by atoms with Gasteiger partial charge >= 0.3 is 5.97 Å². The summed E-state index contributed by atoms with van der Waals surface area (Å²) in [5.41, 5.74) is 4.05. The minimum Gasteiger partial charge on any atom is -0.466 e. The second kappa shape index (κ2) is 24.5. The second-order valence-corrected chi connectivity index (χ2v) is 20.0. The van der Waals surface area contributed by atoms with E-state index in [4.69, 9.17) is 26.4 Å². The Bertz CT molecular complexity index is 2310. The molecule has 0 aliphatic heterocycles. The summed E-state index contributed by atoms with van der Waals surface area (Å²) in [6.07, 6.45) is 22.5. The number of carbonyl (C=O) groups excluding carboxylic acids is 2. The Hall–Kier alpha value is -4.50. The Morgan fingerprint density at radius 2 is 1.41 bits per heavy atom. The molecule has 0 bridgehead atoms. The number of aromatic nitrogens is 7. The van der Waals surface area contributed by atoms with Crippen molar-refractivity contribution in [3.05, 3.63) is 52.9 Å². The summed E-state index contributed by atoms with van der Waals surface area (Å²) in [5.74, 6) is 0.0145. The molecule has 5 aromatic rings. The van der Waals surface area contributed by atoms with Gasteiger partial charge in [-0.05, 0) is 37.1 Å². The topological polar surface area (TPSA) is 178 Å². The van der Waals surface area contributed by atoms with Crippen LogP contribution in [0.3, 0.4) is 0 Å². The molecule has 0 saturated heterocycles. The van der Waals surface area contributed by atoms with Crippen LogP contribution in [0.1, 0.15) is 174 Å². The average molecular weight is 909 g/mol. The van der Waals surface area contributed by atoms with Crippen LogP contribution in [0.15, 0.2) is 36.5 Å². The van der Waals surface area contributed by atoms with Crippen LogP contribution < -0.4 is 10.0 Å². The maximum absolute atomic E-state index is 13.0. The lowest BCUT2D eigenvalue weighted by molar-refractivity contribution is -0.144. The predicted molar refractivity (Wildman–Crippen MR) is 254 cm³/mol. The number of amides is 1. The van der Waals surface area contributed by atoms with E-state index in [-0.39, 0.29) is 46.9 Å². The Morgan fingerprint density at radius 1 is 0.810 bits per heavy atom. The number of benzene rings is 1. The van der Waals surface area contributed by atoms with E-state index in [0.29, 0.717) is 47.6 Å². The van der Waals surface area contributed by atoms with Gasteiger partial charge in [0.2, 0.25) is 15.9 Å². The molecule has 0 fully saturated rings. The predicted octanol–water partition coefficient (Wildman–Crippen LogP) is 11.5. The van der Waals surface area contributed by atoms with Crippen molar-refractivity contribution in [2.24, 2.45) is 0 Å². The number of esters is 1. The standard InChI is InChI=1S/C47H70ClN9O5S/c1-6-8-10-12-14-15-16-17-18-19-20-22-30-62-42(59)29-28-41(58)50-36-26-24-35(25-27-36)45-52-46-38(43(47(3,4)5)53-57(46)54-45)34-56-39-32-40(51-44(48)37(39)33-49-56)55-63(60,61)31-23-21-13-11-9-7-2/h24-27,32-33,53H,6-23,28-31,34H2,1-5H3,(H,50,58)(H,51,55). The number of hydrogen-bond donors (Lipinski definition) is 3. The van der Waals surface area contributed by atoms with Crippen LogP contribution in [0.25, 0.3) is 27.9 Å². The number of rotatable bonds is 29. The zero-order valence-electron chi connectivity index (χ0n) is 38.2. The Labute approximate surface area is 379 Å². The van der Waals surface area contributed by atoms with Crippen molar-refractivity contribution in [2.75, 3.05) is 22.4 Å². The summed E-state index contributed by atoms with van der Waals surface area (Å²) in [6, 6.07) is 8.90. The number of aromatic amines is 1. The van der Waals surface area contributed by atoms with E-state index in [1.165, 1.54) is 57.8 Å². The number of hydrogen-bond acceptors (Lipinski definition) is 9.